The fraction of sp³-hybridized carbons (Fsp3) is 0.353. The zero-order valence-electron chi connectivity index (χ0n) is 12.2. The summed E-state index contributed by atoms with van der Waals surface area (Å²) in [7, 11) is 0. The summed E-state index contributed by atoms with van der Waals surface area (Å²) in [6, 6.07) is 0. The van der Waals surface area contributed by atoms with Gasteiger partial charge in [0.05, 0.1) is 11.1 Å². The van der Waals surface area contributed by atoms with Crippen molar-refractivity contribution in [2.24, 2.45) is 0 Å². The molecule has 0 heterocycles. The maximum absolute atomic E-state index is 12.0. The van der Waals surface area contributed by atoms with Crippen molar-refractivity contribution in [2.45, 2.75) is 39.5 Å². The third kappa shape index (κ3) is 7.41. The predicted molar refractivity (Wildman–Crippen MR) is 81.4 cm³/mol. The molecule has 0 aliphatic rings. The van der Waals surface area contributed by atoms with Crippen LogP contribution in [0.25, 0.3) is 0 Å². The van der Waals surface area contributed by atoms with Crippen molar-refractivity contribution in [3.05, 3.63) is 47.6 Å². The van der Waals surface area contributed by atoms with Crippen LogP contribution >= 0.6 is 0 Å². The molecule has 0 amide bonds. The fourth-order valence-corrected chi connectivity index (χ4v) is 1.37. The SMILES string of the molecule is CCC/C=C/C=C(/C=O)C(=O)/C(C=O)=C\C=C\CCC. The van der Waals surface area contributed by atoms with Gasteiger partial charge in [0.15, 0.2) is 18.4 Å². The summed E-state index contributed by atoms with van der Waals surface area (Å²) < 4.78 is 0. The molecule has 0 saturated heterocycles. The summed E-state index contributed by atoms with van der Waals surface area (Å²) in [5, 5.41) is 0. The lowest BCUT2D eigenvalue weighted by Gasteiger charge is -1.97. The Hall–Kier alpha value is -2.03. The second kappa shape index (κ2) is 12.0. The first kappa shape index (κ1) is 18.0. The summed E-state index contributed by atoms with van der Waals surface area (Å²) in [5.41, 5.74) is -0.0285. The van der Waals surface area contributed by atoms with Crippen molar-refractivity contribution in [1.82, 2.24) is 0 Å². The van der Waals surface area contributed by atoms with Crippen molar-refractivity contribution in [2.75, 3.05) is 0 Å². The van der Waals surface area contributed by atoms with Gasteiger partial charge in [0.25, 0.3) is 0 Å². The molecule has 0 aliphatic heterocycles. The Balaban J connectivity index is 4.95. The molecule has 20 heavy (non-hydrogen) atoms. The molecular weight excluding hydrogens is 252 g/mol. The van der Waals surface area contributed by atoms with Crippen molar-refractivity contribution >= 4 is 18.4 Å². The number of carbonyl (C=O) groups excluding carboxylic acids is 3. The lowest BCUT2D eigenvalue weighted by Crippen LogP contribution is -2.08. The number of rotatable bonds is 10. The highest BCUT2D eigenvalue weighted by Crippen LogP contribution is 2.04. The highest BCUT2D eigenvalue weighted by Gasteiger charge is 2.12. The molecule has 0 unspecified atom stereocenters. The van der Waals surface area contributed by atoms with Gasteiger partial charge in [-0.1, -0.05) is 51.0 Å². The van der Waals surface area contributed by atoms with Crippen molar-refractivity contribution in [1.29, 1.82) is 0 Å². The molecule has 0 aliphatic carbocycles. The Bertz CT molecular complexity index is 397. The van der Waals surface area contributed by atoms with E-state index in [0.717, 1.165) is 25.7 Å². The number of unbranched alkanes of at least 4 members (excludes halogenated alkanes) is 2. The van der Waals surface area contributed by atoms with Gasteiger partial charge in [0, 0.05) is 0 Å². The maximum Gasteiger partial charge on any atom is 0.199 e. The van der Waals surface area contributed by atoms with Crippen LogP contribution < -0.4 is 0 Å². The molecule has 0 fully saturated rings. The van der Waals surface area contributed by atoms with Crippen LogP contribution in [0.3, 0.4) is 0 Å². The number of hydrogen-bond donors (Lipinski definition) is 0. The van der Waals surface area contributed by atoms with Crippen LogP contribution in [0, 0.1) is 0 Å². The van der Waals surface area contributed by atoms with Gasteiger partial charge in [-0.25, -0.2) is 0 Å². The minimum atomic E-state index is -0.544. The summed E-state index contributed by atoms with van der Waals surface area (Å²) in [6.45, 7) is 4.07. The number of aldehydes is 2. The van der Waals surface area contributed by atoms with Crippen molar-refractivity contribution in [3.63, 3.8) is 0 Å². The average Bonchev–Trinajstić information content (AvgIpc) is 2.47. The summed E-state index contributed by atoms with van der Waals surface area (Å²) >= 11 is 0. The van der Waals surface area contributed by atoms with Gasteiger partial charge >= 0.3 is 0 Å². The van der Waals surface area contributed by atoms with Crippen LogP contribution in [0.4, 0.5) is 0 Å². The monoisotopic (exact) mass is 274 g/mol. The van der Waals surface area contributed by atoms with Gasteiger partial charge in [-0.15, -0.1) is 0 Å². The highest BCUT2D eigenvalue weighted by atomic mass is 16.1. The summed E-state index contributed by atoms with van der Waals surface area (Å²) in [6.07, 6.45) is 14.7. The molecule has 0 rings (SSSR count). The first-order valence-electron chi connectivity index (χ1n) is 6.89. The van der Waals surface area contributed by atoms with Crippen molar-refractivity contribution in [3.8, 4) is 0 Å². The Morgan fingerprint density at radius 2 is 1.20 bits per heavy atom. The largest absolute Gasteiger partial charge is 0.298 e. The number of Topliss-reactive ketones (excluding diaryl/α,β-unsaturated/α-hetero) is 1. The fourth-order valence-electron chi connectivity index (χ4n) is 1.37. The van der Waals surface area contributed by atoms with Crippen LogP contribution in [0.5, 0.6) is 0 Å². The summed E-state index contributed by atoms with van der Waals surface area (Å²) in [5.74, 6) is -0.544. The van der Waals surface area contributed by atoms with Gasteiger partial charge < -0.3 is 0 Å². The maximum atomic E-state index is 12.0. The van der Waals surface area contributed by atoms with E-state index in [1.165, 1.54) is 12.2 Å². The molecule has 108 valence electrons. The molecule has 0 atom stereocenters. The van der Waals surface area contributed by atoms with Gasteiger partial charge in [0.2, 0.25) is 0 Å². The lowest BCUT2D eigenvalue weighted by molar-refractivity contribution is -0.116. The Kier molecular flexibility index (Phi) is 10.8. The molecule has 0 aromatic carbocycles. The minimum absolute atomic E-state index is 0.0143. The first-order valence-corrected chi connectivity index (χ1v) is 6.89. The molecule has 0 bridgehead atoms. The lowest BCUT2D eigenvalue weighted by atomic mass is 10.0. The molecule has 0 N–H and O–H groups in total. The summed E-state index contributed by atoms with van der Waals surface area (Å²) in [4.78, 5) is 33.8. The normalized spacial score (nSPS) is 13.1. The zero-order valence-corrected chi connectivity index (χ0v) is 12.2. The molecule has 0 saturated carbocycles. The van der Waals surface area contributed by atoms with E-state index in [1.54, 1.807) is 12.2 Å². The Morgan fingerprint density at radius 3 is 1.50 bits per heavy atom. The molecule has 3 nitrogen and oxygen atoms in total. The van der Waals surface area contributed by atoms with Gasteiger partial charge in [-0.2, -0.15) is 0 Å². The van der Waals surface area contributed by atoms with E-state index >= 15 is 0 Å². The van der Waals surface area contributed by atoms with Crippen molar-refractivity contribution < 1.29 is 14.4 Å². The van der Waals surface area contributed by atoms with Crippen LogP contribution in [0.2, 0.25) is 0 Å². The van der Waals surface area contributed by atoms with E-state index < -0.39 is 5.78 Å². The first-order chi connectivity index (χ1) is 9.71. The quantitative estimate of drug-likeness (QED) is 0.201. The van der Waals surface area contributed by atoms with E-state index in [2.05, 4.69) is 0 Å². The number of hydrogen-bond acceptors (Lipinski definition) is 3. The standard InChI is InChI=1S/C17H22O3/c1-3-5-7-9-11-15(13-18)17(20)16(14-19)12-10-8-6-4-2/h7-14H,3-6H2,1-2H3/b9-7+,10-8+,15-11-,16-12-. The topological polar surface area (TPSA) is 51.2 Å². The Morgan fingerprint density at radius 1 is 0.800 bits per heavy atom. The van der Waals surface area contributed by atoms with Crippen LogP contribution in [-0.2, 0) is 14.4 Å². The minimum Gasteiger partial charge on any atom is -0.298 e. The molecule has 0 spiro atoms. The second-order valence-electron chi connectivity index (χ2n) is 4.24. The highest BCUT2D eigenvalue weighted by molar-refractivity contribution is 6.27. The molecule has 3 heteroatoms. The van der Waals surface area contributed by atoms with E-state index in [-0.39, 0.29) is 11.1 Å². The van der Waals surface area contributed by atoms with Crippen LogP contribution in [0.1, 0.15) is 39.5 Å². The van der Waals surface area contributed by atoms with E-state index in [1.807, 2.05) is 26.0 Å². The third-order valence-corrected chi connectivity index (χ3v) is 2.51. The Labute approximate surface area is 120 Å². The van der Waals surface area contributed by atoms with Crippen LogP contribution in [-0.4, -0.2) is 18.4 Å². The predicted octanol–water partition coefficient (Wildman–Crippen LogP) is 3.52. The second-order valence-corrected chi connectivity index (χ2v) is 4.24. The average molecular weight is 274 g/mol. The number of carbonyl (C=O) groups is 3. The van der Waals surface area contributed by atoms with Crippen LogP contribution in [0.15, 0.2) is 47.6 Å². The van der Waals surface area contributed by atoms with E-state index in [9.17, 15) is 14.4 Å². The van der Waals surface area contributed by atoms with Gasteiger partial charge in [0.1, 0.15) is 0 Å². The van der Waals surface area contributed by atoms with E-state index in [0.29, 0.717) is 12.6 Å². The zero-order chi connectivity index (χ0) is 15.2. The number of ketones is 1. The molecule has 0 radical (unpaired) electrons. The van der Waals surface area contributed by atoms with Gasteiger partial charge in [-0.3, -0.25) is 14.4 Å². The molecular formula is C17H22O3. The van der Waals surface area contributed by atoms with Gasteiger partial charge in [-0.05, 0) is 25.0 Å². The third-order valence-electron chi connectivity index (χ3n) is 2.51. The number of allylic oxidation sites excluding steroid dienone is 8. The van der Waals surface area contributed by atoms with E-state index in [4.69, 9.17) is 0 Å². The molecule has 0 aromatic heterocycles. The molecule has 0 aromatic rings. The smallest absolute Gasteiger partial charge is 0.199 e.